The molecule has 0 amide bonds. The van der Waals surface area contributed by atoms with Crippen LogP contribution in [0.25, 0.3) is 0 Å². The van der Waals surface area contributed by atoms with Crippen molar-refractivity contribution in [2.75, 3.05) is 0 Å². The fourth-order valence-corrected chi connectivity index (χ4v) is 2.01. The van der Waals surface area contributed by atoms with Gasteiger partial charge in [-0.25, -0.2) is 0 Å². The zero-order valence-corrected chi connectivity index (χ0v) is 13.4. The lowest BCUT2D eigenvalue weighted by molar-refractivity contribution is -0.137. The molecule has 0 spiro atoms. The second-order valence-electron chi connectivity index (χ2n) is 5.21. The molecule has 136 valence electrons. The summed E-state index contributed by atoms with van der Waals surface area (Å²) in [6.45, 7) is -3.52. The van der Waals surface area contributed by atoms with Crippen molar-refractivity contribution in [1.82, 2.24) is 0 Å². The Balaban J connectivity index is 2.61. The average molecular weight is 348 g/mol. The second-order valence-corrected chi connectivity index (χ2v) is 5.21. The first kappa shape index (κ1) is 9.35. The van der Waals surface area contributed by atoms with Gasteiger partial charge in [0.05, 0.1) is 6.10 Å². The van der Waals surface area contributed by atoms with Gasteiger partial charge in [-0.2, -0.15) is 0 Å². The number of aliphatic hydroxyl groups is 1. The molecule has 0 aliphatic carbocycles. The third kappa shape index (κ3) is 10.4. The van der Waals surface area contributed by atoms with Crippen LogP contribution >= 0.6 is 0 Å². The van der Waals surface area contributed by atoms with Crippen LogP contribution in [0.3, 0.4) is 0 Å². The lowest BCUT2D eigenvalue weighted by Gasteiger charge is -1.99. The number of hydrogen-bond donors (Lipinski definition) is 2. The molecule has 0 bridgehead atoms. The van der Waals surface area contributed by atoms with Crippen LogP contribution in [0, 0.1) is 0 Å². The third-order valence-corrected chi connectivity index (χ3v) is 3.26. The smallest absolute Gasteiger partial charge is 0.303 e. The zero-order valence-electron chi connectivity index (χ0n) is 24.4. The second kappa shape index (κ2) is 13.0. The maximum absolute atomic E-state index is 10.4. The van der Waals surface area contributed by atoms with Crippen molar-refractivity contribution in [3.05, 3.63) is 36.5 Å². The lowest BCUT2D eigenvalue weighted by Crippen LogP contribution is -2.13. The normalized spacial score (nSPS) is 31.6. The van der Waals surface area contributed by atoms with Gasteiger partial charge >= 0.3 is 5.97 Å². The Hall–Kier alpha value is -1.39. The first-order valence-electron chi connectivity index (χ1n) is 13.3. The summed E-state index contributed by atoms with van der Waals surface area (Å²) in [6.07, 6.45) is -5.18. The van der Waals surface area contributed by atoms with E-state index in [1.54, 1.807) is 6.08 Å². The summed E-state index contributed by atoms with van der Waals surface area (Å²) in [7, 11) is 0. The molecule has 2 N–H and O–H groups in total. The number of hydrogen-bond acceptors (Lipinski definition) is 3. The number of rotatable bonds is 14. The number of carboxylic acids is 1. The SMILES string of the molecule is [2H]C([2H])([2H])C([2H])([2H])C([2H])([2H])C([2H])([2H])C([2H])([2H])/C=C\C[C@@H]1O[C@H]1[C@@H](O)/C=C\C/C=C\CCCC(=O)O. The molecule has 24 heavy (non-hydrogen) atoms. The van der Waals surface area contributed by atoms with Crippen LogP contribution in [0.4, 0.5) is 0 Å². The summed E-state index contributed by atoms with van der Waals surface area (Å²) in [6, 6.07) is 0. The first-order valence-corrected chi connectivity index (χ1v) is 7.84. The van der Waals surface area contributed by atoms with Gasteiger partial charge in [-0.05, 0) is 38.4 Å². The number of carbonyl (C=O) groups is 1. The molecule has 0 aromatic carbocycles. The van der Waals surface area contributed by atoms with E-state index in [2.05, 4.69) is 0 Å². The summed E-state index contributed by atoms with van der Waals surface area (Å²) >= 11 is 0. The highest BCUT2D eigenvalue weighted by atomic mass is 16.6. The van der Waals surface area contributed by atoms with Crippen LogP contribution in [0.2, 0.25) is 0 Å². The fourth-order valence-electron chi connectivity index (χ4n) is 2.01. The Morgan fingerprint density at radius 1 is 1.29 bits per heavy atom. The minimum atomic E-state index is -3.69. The summed E-state index contributed by atoms with van der Waals surface area (Å²) in [5.74, 6) is -0.845. The highest BCUT2D eigenvalue weighted by Gasteiger charge is 2.42. The van der Waals surface area contributed by atoms with Gasteiger partial charge in [-0.3, -0.25) is 4.79 Å². The van der Waals surface area contributed by atoms with Gasteiger partial charge in [0.2, 0.25) is 0 Å². The van der Waals surface area contributed by atoms with Crippen molar-refractivity contribution >= 4 is 5.97 Å². The molecular formula is C20H32O4. The van der Waals surface area contributed by atoms with Crippen LogP contribution in [-0.4, -0.2) is 34.5 Å². The number of allylic oxidation sites excluding steroid dienone is 4. The van der Waals surface area contributed by atoms with E-state index in [0.717, 1.165) is 6.08 Å². The Labute approximate surface area is 161 Å². The van der Waals surface area contributed by atoms with Gasteiger partial charge in [0.1, 0.15) is 12.2 Å². The summed E-state index contributed by atoms with van der Waals surface area (Å²) in [5, 5.41) is 18.7. The molecule has 0 aromatic rings. The highest BCUT2D eigenvalue weighted by molar-refractivity contribution is 5.66. The van der Waals surface area contributed by atoms with Gasteiger partial charge in [0.15, 0.2) is 0 Å². The molecule has 0 unspecified atom stereocenters. The molecule has 1 rings (SSSR count). The van der Waals surface area contributed by atoms with Gasteiger partial charge in [0.25, 0.3) is 0 Å². The van der Waals surface area contributed by atoms with Crippen molar-refractivity contribution in [2.45, 2.75) is 82.8 Å². The Morgan fingerprint density at radius 3 is 2.96 bits per heavy atom. The van der Waals surface area contributed by atoms with Crippen molar-refractivity contribution in [1.29, 1.82) is 0 Å². The van der Waals surface area contributed by atoms with Gasteiger partial charge < -0.3 is 14.9 Å². The molecule has 0 saturated carbocycles. The first-order chi connectivity index (χ1) is 15.8. The van der Waals surface area contributed by atoms with Crippen LogP contribution in [0.15, 0.2) is 36.5 Å². The summed E-state index contributed by atoms with van der Waals surface area (Å²) in [5.41, 5.74) is 0. The Bertz CT molecular complexity index is 803. The molecule has 1 fully saturated rings. The monoisotopic (exact) mass is 347 g/mol. The van der Waals surface area contributed by atoms with Gasteiger partial charge in [-0.15, -0.1) is 0 Å². The number of epoxide rings is 1. The Kier molecular flexibility index (Phi) is 5.05. The van der Waals surface area contributed by atoms with Crippen molar-refractivity contribution in [3.63, 3.8) is 0 Å². The van der Waals surface area contributed by atoms with E-state index in [1.807, 2.05) is 12.2 Å². The lowest BCUT2D eigenvalue weighted by atomic mass is 10.1. The largest absolute Gasteiger partial charge is 0.481 e. The predicted octanol–water partition coefficient (Wildman–Crippen LogP) is 4.40. The van der Waals surface area contributed by atoms with Crippen molar-refractivity contribution in [3.8, 4) is 0 Å². The van der Waals surface area contributed by atoms with Crippen molar-refractivity contribution in [2.24, 2.45) is 0 Å². The van der Waals surface area contributed by atoms with E-state index >= 15 is 0 Å². The Morgan fingerprint density at radius 2 is 2.17 bits per heavy atom. The maximum Gasteiger partial charge on any atom is 0.303 e. The number of aliphatic carboxylic acids is 1. The van der Waals surface area contributed by atoms with E-state index < -0.39 is 56.6 Å². The van der Waals surface area contributed by atoms with Gasteiger partial charge in [-0.1, -0.05) is 56.1 Å². The fraction of sp³-hybridized carbons (Fsp3) is 0.650. The zero-order chi connectivity index (χ0) is 27.3. The van der Waals surface area contributed by atoms with E-state index in [9.17, 15) is 9.90 Å². The molecule has 0 aromatic heterocycles. The average Bonchev–Trinajstić information content (AvgIpc) is 3.47. The quantitative estimate of drug-likeness (QED) is 0.278. The van der Waals surface area contributed by atoms with Crippen LogP contribution in [-0.2, 0) is 9.53 Å². The maximum atomic E-state index is 10.4. The highest BCUT2D eigenvalue weighted by Crippen LogP contribution is 2.29. The molecular weight excluding hydrogens is 304 g/mol. The van der Waals surface area contributed by atoms with E-state index in [1.165, 1.54) is 12.2 Å². The molecule has 4 heteroatoms. The molecule has 1 aliphatic heterocycles. The van der Waals surface area contributed by atoms with E-state index in [4.69, 9.17) is 24.9 Å². The van der Waals surface area contributed by atoms with Gasteiger partial charge in [0, 0.05) is 21.5 Å². The van der Waals surface area contributed by atoms with Crippen LogP contribution in [0.1, 0.15) is 79.5 Å². The molecule has 3 atom stereocenters. The minimum Gasteiger partial charge on any atom is -0.481 e. The summed E-state index contributed by atoms with van der Waals surface area (Å²) < 4.78 is 89.4. The topological polar surface area (TPSA) is 70.1 Å². The molecule has 4 nitrogen and oxygen atoms in total. The standard InChI is InChI=1S/C20H32O4/c1-2-3-4-5-9-12-15-18-20(24-18)17(21)14-11-8-6-7-10-13-16-19(22)23/h6-7,9,11-12,14,17-18,20-21H,2-5,8,10,13,15-16H2,1H3,(H,22,23)/b7-6-,12-9-,14-11-/t17-,18-,20-/m0/s1/i1D3,2D2,3D2,4D2,5D2. The van der Waals surface area contributed by atoms with Crippen LogP contribution < -0.4 is 0 Å². The van der Waals surface area contributed by atoms with Crippen LogP contribution in [0.5, 0.6) is 0 Å². The van der Waals surface area contributed by atoms with Crippen molar-refractivity contribution < 1.29 is 34.8 Å². The predicted molar refractivity (Wildman–Crippen MR) is 97.0 cm³/mol. The number of aliphatic hydroxyl groups excluding tert-OH is 1. The number of unbranched alkanes of at least 4 members (excludes halogenated alkanes) is 1. The minimum absolute atomic E-state index is 0.0732. The molecule has 1 heterocycles. The number of carboxylic acid groups (broad SMARTS) is 1. The van der Waals surface area contributed by atoms with E-state index in [0.29, 0.717) is 19.3 Å². The molecule has 1 saturated heterocycles. The number of ether oxygens (including phenoxy) is 1. The summed E-state index contributed by atoms with van der Waals surface area (Å²) in [4.78, 5) is 10.4. The van der Waals surface area contributed by atoms with E-state index in [-0.39, 0.29) is 12.8 Å². The molecule has 1 aliphatic rings. The molecule has 0 radical (unpaired) electrons. The third-order valence-electron chi connectivity index (χ3n) is 3.26.